The van der Waals surface area contributed by atoms with Crippen molar-refractivity contribution in [2.24, 2.45) is 12.8 Å². The van der Waals surface area contributed by atoms with Crippen molar-refractivity contribution in [3.63, 3.8) is 0 Å². The molecule has 17 heavy (non-hydrogen) atoms. The molecule has 4 nitrogen and oxygen atoms in total. The summed E-state index contributed by atoms with van der Waals surface area (Å²) >= 11 is 1.60. The molecule has 0 spiro atoms. The van der Waals surface area contributed by atoms with E-state index in [-0.39, 0.29) is 6.04 Å². The normalized spacial score (nSPS) is 12.6. The Bertz CT molecular complexity index is 495. The lowest BCUT2D eigenvalue weighted by Gasteiger charge is -2.13. The Morgan fingerprint density at radius 1 is 1.41 bits per heavy atom. The lowest BCUT2D eigenvalue weighted by atomic mass is 10.1. The highest BCUT2D eigenvalue weighted by molar-refractivity contribution is 7.99. The van der Waals surface area contributed by atoms with Gasteiger partial charge in [-0.3, -0.25) is 0 Å². The zero-order valence-corrected chi connectivity index (χ0v) is 10.8. The first-order valence-electron chi connectivity index (χ1n) is 5.58. The van der Waals surface area contributed by atoms with Crippen LogP contribution in [0.2, 0.25) is 0 Å². The number of nitrogens with zero attached hydrogens (tertiary/aromatic N) is 3. The second-order valence-corrected chi connectivity index (χ2v) is 4.89. The second kappa shape index (κ2) is 5.33. The van der Waals surface area contributed by atoms with Gasteiger partial charge in [-0.25, -0.2) is 0 Å². The van der Waals surface area contributed by atoms with E-state index in [4.69, 9.17) is 5.73 Å². The van der Waals surface area contributed by atoms with Gasteiger partial charge in [0, 0.05) is 18.0 Å². The van der Waals surface area contributed by atoms with Gasteiger partial charge in [-0.05, 0) is 29.8 Å². The molecule has 0 aliphatic rings. The zero-order valence-electron chi connectivity index (χ0n) is 10.00. The van der Waals surface area contributed by atoms with Crippen molar-refractivity contribution >= 4 is 11.8 Å². The van der Waals surface area contributed by atoms with Crippen molar-refractivity contribution in [3.05, 3.63) is 36.2 Å². The average Bonchev–Trinajstić information content (AvgIpc) is 2.75. The Morgan fingerprint density at radius 2 is 2.18 bits per heavy atom. The first kappa shape index (κ1) is 12.1. The molecule has 1 aromatic carbocycles. The van der Waals surface area contributed by atoms with E-state index in [1.165, 1.54) is 5.56 Å². The van der Waals surface area contributed by atoms with Gasteiger partial charge in [0.15, 0.2) is 5.16 Å². The summed E-state index contributed by atoms with van der Waals surface area (Å²) in [7, 11) is 1.94. The monoisotopic (exact) mass is 248 g/mol. The molecule has 0 saturated carbocycles. The van der Waals surface area contributed by atoms with Crippen LogP contribution in [-0.4, -0.2) is 14.8 Å². The molecule has 0 fully saturated rings. The third kappa shape index (κ3) is 2.68. The molecule has 1 aromatic heterocycles. The summed E-state index contributed by atoms with van der Waals surface area (Å²) in [4.78, 5) is 1.15. The number of aromatic nitrogens is 3. The molecule has 2 rings (SSSR count). The van der Waals surface area contributed by atoms with E-state index in [0.29, 0.717) is 0 Å². The van der Waals surface area contributed by atoms with Gasteiger partial charge in [-0.15, -0.1) is 10.2 Å². The van der Waals surface area contributed by atoms with Gasteiger partial charge in [0.1, 0.15) is 6.33 Å². The second-order valence-electron chi connectivity index (χ2n) is 3.88. The number of hydrogen-bond donors (Lipinski definition) is 1. The molecule has 1 atom stereocenters. The summed E-state index contributed by atoms with van der Waals surface area (Å²) in [6.07, 6.45) is 2.63. The van der Waals surface area contributed by atoms with Crippen LogP contribution in [0.15, 0.2) is 40.6 Å². The molecule has 5 heteroatoms. The molecule has 0 aliphatic carbocycles. The molecule has 0 amide bonds. The van der Waals surface area contributed by atoms with Crippen LogP contribution in [0.3, 0.4) is 0 Å². The molecule has 1 unspecified atom stereocenters. The molecule has 1 heterocycles. The van der Waals surface area contributed by atoms with E-state index in [1.807, 2.05) is 23.7 Å². The fourth-order valence-corrected chi connectivity index (χ4v) is 2.52. The largest absolute Gasteiger partial charge is 0.324 e. The maximum Gasteiger partial charge on any atom is 0.195 e. The summed E-state index contributed by atoms with van der Waals surface area (Å²) in [5, 5.41) is 8.82. The summed E-state index contributed by atoms with van der Waals surface area (Å²) in [5.74, 6) is 0. The van der Waals surface area contributed by atoms with Crippen LogP contribution in [-0.2, 0) is 7.05 Å². The van der Waals surface area contributed by atoms with Crippen molar-refractivity contribution < 1.29 is 0 Å². The first-order chi connectivity index (χ1) is 8.22. The van der Waals surface area contributed by atoms with E-state index >= 15 is 0 Å². The number of benzene rings is 1. The highest BCUT2D eigenvalue weighted by atomic mass is 32.2. The number of aryl methyl sites for hydroxylation is 1. The number of nitrogens with two attached hydrogens (primary N) is 1. The van der Waals surface area contributed by atoms with Crippen LogP contribution in [0.4, 0.5) is 0 Å². The van der Waals surface area contributed by atoms with Crippen LogP contribution in [0.25, 0.3) is 0 Å². The standard InChI is InChI=1S/C12H16N4S/c1-3-10(13)9-6-4-5-7-11(9)17-12-15-14-8-16(12)2/h4-8,10H,3,13H2,1-2H3. The molecule has 0 aliphatic heterocycles. The third-order valence-corrected chi connectivity index (χ3v) is 3.77. The van der Waals surface area contributed by atoms with Crippen molar-refractivity contribution in [2.45, 2.75) is 29.4 Å². The lowest BCUT2D eigenvalue weighted by molar-refractivity contribution is 0.685. The van der Waals surface area contributed by atoms with Gasteiger partial charge in [0.25, 0.3) is 0 Å². The van der Waals surface area contributed by atoms with Crippen LogP contribution < -0.4 is 5.73 Å². The molecule has 0 bridgehead atoms. The SMILES string of the molecule is CCC(N)c1ccccc1Sc1nncn1C. The summed E-state index contributed by atoms with van der Waals surface area (Å²) < 4.78 is 1.90. The third-order valence-electron chi connectivity index (χ3n) is 2.63. The molecule has 0 radical (unpaired) electrons. The molecular weight excluding hydrogens is 232 g/mol. The zero-order chi connectivity index (χ0) is 12.3. The lowest BCUT2D eigenvalue weighted by Crippen LogP contribution is -2.09. The Kier molecular flexibility index (Phi) is 3.81. The van der Waals surface area contributed by atoms with E-state index < -0.39 is 0 Å². The number of rotatable bonds is 4. The molecule has 0 saturated heterocycles. The Hall–Kier alpha value is -1.33. The maximum absolute atomic E-state index is 6.11. The number of hydrogen-bond acceptors (Lipinski definition) is 4. The fourth-order valence-electron chi connectivity index (χ4n) is 1.56. The van der Waals surface area contributed by atoms with Gasteiger partial charge >= 0.3 is 0 Å². The predicted molar refractivity (Wildman–Crippen MR) is 68.8 cm³/mol. The van der Waals surface area contributed by atoms with Gasteiger partial charge in [0.2, 0.25) is 0 Å². The van der Waals surface area contributed by atoms with Crippen LogP contribution in [0, 0.1) is 0 Å². The smallest absolute Gasteiger partial charge is 0.195 e. The average molecular weight is 248 g/mol. The summed E-state index contributed by atoms with van der Waals surface area (Å²) in [5.41, 5.74) is 7.28. The van der Waals surface area contributed by atoms with E-state index in [1.54, 1.807) is 18.1 Å². The predicted octanol–water partition coefficient (Wildman–Crippen LogP) is 2.38. The Balaban J connectivity index is 2.30. The van der Waals surface area contributed by atoms with Crippen LogP contribution in [0.5, 0.6) is 0 Å². The van der Waals surface area contributed by atoms with Gasteiger partial charge < -0.3 is 10.3 Å². The van der Waals surface area contributed by atoms with E-state index in [9.17, 15) is 0 Å². The minimum Gasteiger partial charge on any atom is -0.324 e. The maximum atomic E-state index is 6.11. The minimum atomic E-state index is 0.0759. The van der Waals surface area contributed by atoms with Gasteiger partial charge in [-0.1, -0.05) is 25.1 Å². The van der Waals surface area contributed by atoms with Crippen molar-refractivity contribution in [1.82, 2.24) is 14.8 Å². The highest BCUT2D eigenvalue weighted by Gasteiger charge is 2.11. The molecule has 90 valence electrons. The Labute approximate surface area is 105 Å². The van der Waals surface area contributed by atoms with Crippen molar-refractivity contribution in [1.29, 1.82) is 0 Å². The van der Waals surface area contributed by atoms with Crippen LogP contribution in [0.1, 0.15) is 24.9 Å². The fraction of sp³-hybridized carbons (Fsp3) is 0.333. The van der Waals surface area contributed by atoms with Crippen molar-refractivity contribution in [2.75, 3.05) is 0 Å². The topological polar surface area (TPSA) is 56.7 Å². The quantitative estimate of drug-likeness (QED) is 0.902. The van der Waals surface area contributed by atoms with Crippen molar-refractivity contribution in [3.8, 4) is 0 Å². The minimum absolute atomic E-state index is 0.0759. The van der Waals surface area contributed by atoms with Gasteiger partial charge in [-0.2, -0.15) is 0 Å². The first-order valence-corrected chi connectivity index (χ1v) is 6.40. The van der Waals surface area contributed by atoms with E-state index in [0.717, 1.165) is 16.5 Å². The molecular formula is C12H16N4S. The summed E-state index contributed by atoms with van der Waals surface area (Å²) in [6, 6.07) is 8.26. The van der Waals surface area contributed by atoms with E-state index in [2.05, 4.69) is 29.3 Å². The molecule has 2 N–H and O–H groups in total. The Morgan fingerprint density at radius 3 is 2.82 bits per heavy atom. The molecule has 2 aromatic rings. The van der Waals surface area contributed by atoms with Gasteiger partial charge in [0.05, 0.1) is 0 Å². The highest BCUT2D eigenvalue weighted by Crippen LogP contribution is 2.31. The summed E-state index contributed by atoms with van der Waals surface area (Å²) in [6.45, 7) is 2.09. The van der Waals surface area contributed by atoms with Crippen LogP contribution >= 0.6 is 11.8 Å².